The highest BCUT2D eigenvalue weighted by Gasteiger charge is 2.17. The standard InChI is InChI=1S/C66H44N2O/c1-2-12-45(13-3-1)46-28-30-51(31-29-46)53-14-10-15-57(44-53)67(55-42-36-52(37-43-55)58-19-11-23-65-66(58)61-18-6-9-22-64(61)69-65)54-38-32-49(33-39-54)47-24-26-48(27-25-47)50-34-40-56(41-35-50)68-62-20-7-4-16-59(62)60-17-5-8-21-63(60)68/h1-44H. The molecular weight excluding hydrogens is 837 g/mol. The molecule has 2 aromatic heterocycles. The van der Waals surface area contributed by atoms with Crippen molar-refractivity contribution in [3.05, 3.63) is 267 Å². The molecule has 0 saturated carbocycles. The topological polar surface area (TPSA) is 21.3 Å². The summed E-state index contributed by atoms with van der Waals surface area (Å²) in [6.45, 7) is 0. The predicted molar refractivity (Wildman–Crippen MR) is 290 cm³/mol. The molecule has 0 fully saturated rings. The van der Waals surface area contributed by atoms with E-state index in [1.807, 2.05) is 12.1 Å². The maximum atomic E-state index is 6.26. The highest BCUT2D eigenvalue weighted by molar-refractivity contribution is 6.12. The minimum absolute atomic E-state index is 0.896. The molecule has 0 spiro atoms. The summed E-state index contributed by atoms with van der Waals surface area (Å²) in [5.41, 5.74) is 20.4. The quantitative estimate of drug-likeness (QED) is 0.144. The van der Waals surface area contributed by atoms with Gasteiger partial charge in [0.05, 0.1) is 11.0 Å². The van der Waals surface area contributed by atoms with Crippen LogP contribution in [-0.4, -0.2) is 4.57 Å². The molecule has 69 heavy (non-hydrogen) atoms. The van der Waals surface area contributed by atoms with Crippen LogP contribution in [-0.2, 0) is 0 Å². The SMILES string of the molecule is c1ccc(-c2ccc(-c3cccc(N(c4ccc(-c5ccc(-c6ccc(-n7c8ccccc8c8ccccc87)cc6)cc5)cc4)c4ccc(-c5cccc6oc7ccccc7c56)cc4)c3)cc2)cc1. The number of benzene rings is 11. The van der Waals surface area contributed by atoms with Crippen LogP contribution in [0.15, 0.2) is 271 Å². The molecule has 324 valence electrons. The molecule has 0 saturated heterocycles. The molecule has 11 aromatic carbocycles. The van der Waals surface area contributed by atoms with Gasteiger partial charge in [-0.05, 0) is 128 Å². The molecule has 3 nitrogen and oxygen atoms in total. The normalized spacial score (nSPS) is 11.5. The molecule has 0 aliphatic heterocycles. The van der Waals surface area contributed by atoms with E-state index in [1.54, 1.807) is 0 Å². The summed E-state index contributed by atoms with van der Waals surface area (Å²) in [6.07, 6.45) is 0. The first-order valence-electron chi connectivity index (χ1n) is 23.6. The highest BCUT2D eigenvalue weighted by Crippen LogP contribution is 2.41. The summed E-state index contributed by atoms with van der Waals surface area (Å²) in [5, 5.41) is 4.81. The molecule has 0 amide bonds. The Balaban J connectivity index is 0.819. The lowest BCUT2D eigenvalue weighted by molar-refractivity contribution is 0.669. The Morgan fingerprint density at radius 2 is 0.696 bits per heavy atom. The second kappa shape index (κ2) is 16.9. The summed E-state index contributed by atoms with van der Waals surface area (Å²) >= 11 is 0. The van der Waals surface area contributed by atoms with Crippen LogP contribution in [0.25, 0.3) is 105 Å². The zero-order valence-corrected chi connectivity index (χ0v) is 37.7. The minimum atomic E-state index is 0.896. The third kappa shape index (κ3) is 7.25. The van der Waals surface area contributed by atoms with E-state index in [0.717, 1.165) is 66.9 Å². The Kier molecular flexibility index (Phi) is 9.84. The van der Waals surface area contributed by atoms with Gasteiger partial charge < -0.3 is 13.9 Å². The van der Waals surface area contributed by atoms with E-state index < -0.39 is 0 Å². The van der Waals surface area contributed by atoms with Crippen molar-refractivity contribution in [1.82, 2.24) is 4.57 Å². The van der Waals surface area contributed by atoms with Gasteiger partial charge in [-0.2, -0.15) is 0 Å². The molecule has 0 aliphatic rings. The van der Waals surface area contributed by atoms with E-state index in [0.29, 0.717) is 0 Å². The van der Waals surface area contributed by atoms with Gasteiger partial charge in [0.15, 0.2) is 0 Å². The number of aromatic nitrogens is 1. The first-order valence-corrected chi connectivity index (χ1v) is 23.6. The molecule has 13 rings (SSSR count). The van der Waals surface area contributed by atoms with Gasteiger partial charge in [0, 0.05) is 44.3 Å². The van der Waals surface area contributed by atoms with Gasteiger partial charge in [0.2, 0.25) is 0 Å². The van der Waals surface area contributed by atoms with E-state index in [-0.39, 0.29) is 0 Å². The van der Waals surface area contributed by atoms with Crippen molar-refractivity contribution < 1.29 is 4.42 Å². The van der Waals surface area contributed by atoms with Crippen molar-refractivity contribution in [3.8, 4) is 61.3 Å². The van der Waals surface area contributed by atoms with E-state index in [4.69, 9.17) is 4.42 Å². The molecule has 13 aromatic rings. The number of hydrogen-bond acceptors (Lipinski definition) is 2. The highest BCUT2D eigenvalue weighted by atomic mass is 16.3. The lowest BCUT2D eigenvalue weighted by Crippen LogP contribution is -2.10. The Bertz CT molecular complexity index is 3910. The fraction of sp³-hybridized carbons (Fsp3) is 0. The van der Waals surface area contributed by atoms with E-state index in [9.17, 15) is 0 Å². The van der Waals surface area contributed by atoms with Gasteiger partial charge >= 0.3 is 0 Å². The Morgan fingerprint density at radius 3 is 1.29 bits per heavy atom. The van der Waals surface area contributed by atoms with Gasteiger partial charge in [-0.25, -0.2) is 0 Å². The average Bonchev–Trinajstić information content (AvgIpc) is 3.98. The number of furan rings is 1. The maximum absolute atomic E-state index is 6.26. The molecule has 0 radical (unpaired) electrons. The van der Waals surface area contributed by atoms with Crippen LogP contribution >= 0.6 is 0 Å². The fourth-order valence-corrected chi connectivity index (χ4v) is 10.2. The Hall–Kier alpha value is -9.18. The minimum Gasteiger partial charge on any atom is -0.456 e. The van der Waals surface area contributed by atoms with Crippen LogP contribution in [0.1, 0.15) is 0 Å². The van der Waals surface area contributed by atoms with E-state index >= 15 is 0 Å². The Labute approximate surface area is 401 Å². The molecule has 0 unspecified atom stereocenters. The number of rotatable bonds is 9. The van der Waals surface area contributed by atoms with Gasteiger partial charge in [-0.1, -0.05) is 194 Å². The second-order valence-electron chi connectivity index (χ2n) is 17.7. The molecule has 2 heterocycles. The monoisotopic (exact) mass is 880 g/mol. The maximum Gasteiger partial charge on any atom is 0.136 e. The second-order valence-corrected chi connectivity index (χ2v) is 17.7. The van der Waals surface area contributed by atoms with Crippen molar-refractivity contribution in [1.29, 1.82) is 0 Å². The third-order valence-electron chi connectivity index (χ3n) is 13.7. The molecule has 0 atom stereocenters. The van der Waals surface area contributed by atoms with Crippen LogP contribution < -0.4 is 4.90 Å². The summed E-state index contributed by atoms with van der Waals surface area (Å²) in [6, 6.07) is 96.0. The number of hydrogen-bond donors (Lipinski definition) is 0. The van der Waals surface area contributed by atoms with Crippen LogP contribution in [0.2, 0.25) is 0 Å². The first kappa shape index (κ1) is 40.1. The summed E-state index contributed by atoms with van der Waals surface area (Å²) in [7, 11) is 0. The summed E-state index contributed by atoms with van der Waals surface area (Å²) in [5.74, 6) is 0. The van der Waals surface area contributed by atoms with Gasteiger partial charge in [-0.3, -0.25) is 0 Å². The molecular formula is C66H44N2O. The number of fused-ring (bicyclic) bond motifs is 6. The van der Waals surface area contributed by atoms with Crippen LogP contribution in [0.3, 0.4) is 0 Å². The summed E-state index contributed by atoms with van der Waals surface area (Å²) in [4.78, 5) is 2.36. The number of para-hydroxylation sites is 3. The zero-order valence-electron chi connectivity index (χ0n) is 37.7. The fourth-order valence-electron chi connectivity index (χ4n) is 10.2. The molecule has 0 N–H and O–H groups in total. The smallest absolute Gasteiger partial charge is 0.136 e. The first-order chi connectivity index (χ1) is 34.2. The Morgan fingerprint density at radius 1 is 0.275 bits per heavy atom. The van der Waals surface area contributed by atoms with Gasteiger partial charge in [-0.15, -0.1) is 0 Å². The average molecular weight is 881 g/mol. The number of nitrogens with zero attached hydrogens (tertiary/aromatic N) is 2. The van der Waals surface area contributed by atoms with Gasteiger partial charge in [0.25, 0.3) is 0 Å². The zero-order chi connectivity index (χ0) is 45.7. The van der Waals surface area contributed by atoms with Crippen molar-refractivity contribution >= 4 is 60.8 Å². The van der Waals surface area contributed by atoms with E-state index in [2.05, 4.69) is 264 Å². The number of anilines is 3. The molecule has 3 heteroatoms. The van der Waals surface area contributed by atoms with Crippen molar-refractivity contribution in [2.45, 2.75) is 0 Å². The predicted octanol–water partition coefficient (Wildman–Crippen LogP) is 18.5. The van der Waals surface area contributed by atoms with E-state index in [1.165, 1.54) is 55.2 Å². The van der Waals surface area contributed by atoms with Crippen LogP contribution in [0, 0.1) is 0 Å². The largest absolute Gasteiger partial charge is 0.456 e. The van der Waals surface area contributed by atoms with Crippen LogP contribution in [0.5, 0.6) is 0 Å². The van der Waals surface area contributed by atoms with Gasteiger partial charge in [0.1, 0.15) is 11.2 Å². The van der Waals surface area contributed by atoms with Crippen molar-refractivity contribution in [2.24, 2.45) is 0 Å². The molecule has 0 bridgehead atoms. The lowest BCUT2D eigenvalue weighted by atomic mass is 9.98. The lowest BCUT2D eigenvalue weighted by Gasteiger charge is -2.26. The third-order valence-corrected chi connectivity index (χ3v) is 13.7. The summed E-state index contributed by atoms with van der Waals surface area (Å²) < 4.78 is 8.63. The van der Waals surface area contributed by atoms with Crippen LogP contribution in [0.4, 0.5) is 17.1 Å². The van der Waals surface area contributed by atoms with Crippen molar-refractivity contribution in [3.63, 3.8) is 0 Å². The van der Waals surface area contributed by atoms with Crippen molar-refractivity contribution in [2.75, 3.05) is 4.90 Å². The molecule has 0 aliphatic carbocycles.